The van der Waals surface area contributed by atoms with E-state index in [0.717, 1.165) is 5.56 Å². The summed E-state index contributed by atoms with van der Waals surface area (Å²) in [6, 6.07) is 7.53. The fourth-order valence-electron chi connectivity index (χ4n) is 3.74. The molecule has 28 heavy (non-hydrogen) atoms. The Bertz CT molecular complexity index is 892. The fourth-order valence-corrected chi connectivity index (χ4v) is 5.14. The van der Waals surface area contributed by atoms with Crippen LogP contribution in [0.4, 0.5) is 0 Å². The van der Waals surface area contributed by atoms with Gasteiger partial charge in [0.05, 0.1) is 6.04 Å². The number of rotatable bonds is 4. The maximum atomic E-state index is 13.1. The first kappa shape index (κ1) is 19.4. The van der Waals surface area contributed by atoms with Crippen molar-refractivity contribution in [1.29, 1.82) is 0 Å². The summed E-state index contributed by atoms with van der Waals surface area (Å²) in [7, 11) is 0. The Morgan fingerprint density at radius 3 is 2.50 bits per heavy atom. The Hall–Kier alpha value is -1.90. The van der Waals surface area contributed by atoms with Crippen LogP contribution in [0.15, 0.2) is 29.4 Å². The minimum absolute atomic E-state index is 0.0406. The van der Waals surface area contributed by atoms with Crippen molar-refractivity contribution in [3.8, 4) is 0 Å². The lowest BCUT2D eigenvalue weighted by atomic mass is 10.00. The predicted octanol–water partition coefficient (Wildman–Crippen LogP) is 2.51. The number of fused-ring (bicyclic) bond motifs is 1. The molecule has 4 rings (SSSR count). The van der Waals surface area contributed by atoms with Crippen LogP contribution in [0.2, 0.25) is 5.02 Å². The van der Waals surface area contributed by atoms with Gasteiger partial charge in [0.1, 0.15) is 5.25 Å². The molecule has 0 bridgehead atoms. The lowest BCUT2D eigenvalue weighted by Gasteiger charge is -2.40. The molecule has 2 unspecified atom stereocenters. The molecule has 7 nitrogen and oxygen atoms in total. The highest BCUT2D eigenvalue weighted by atomic mass is 35.5. The van der Waals surface area contributed by atoms with Gasteiger partial charge in [0.2, 0.25) is 5.91 Å². The lowest BCUT2D eigenvalue weighted by molar-refractivity contribution is -0.130. The van der Waals surface area contributed by atoms with E-state index in [4.69, 9.17) is 11.6 Å². The average Bonchev–Trinajstić information content (AvgIpc) is 3.23. The van der Waals surface area contributed by atoms with Crippen LogP contribution in [0.3, 0.4) is 0 Å². The molecule has 0 spiro atoms. The van der Waals surface area contributed by atoms with Crippen molar-refractivity contribution in [1.82, 2.24) is 24.6 Å². The minimum atomic E-state index is -0.328. The second kappa shape index (κ2) is 7.85. The van der Waals surface area contributed by atoms with Gasteiger partial charge in [-0.2, -0.15) is 4.68 Å². The number of carbonyl (C=O) groups excluding carboxylic acids is 2. The largest absolute Gasteiger partial charge is 0.340 e. The third kappa shape index (κ3) is 3.56. The van der Waals surface area contributed by atoms with Crippen LogP contribution < -0.4 is 0 Å². The van der Waals surface area contributed by atoms with Gasteiger partial charge in [-0.3, -0.25) is 14.5 Å². The molecule has 2 atom stereocenters. The number of carbonyl (C=O) groups is 2. The van der Waals surface area contributed by atoms with Gasteiger partial charge in [-0.25, -0.2) is 4.98 Å². The molecule has 0 aliphatic carbocycles. The summed E-state index contributed by atoms with van der Waals surface area (Å²) in [6.45, 7) is 6.32. The van der Waals surface area contributed by atoms with E-state index in [1.54, 1.807) is 6.92 Å². The van der Waals surface area contributed by atoms with E-state index in [1.807, 2.05) is 36.1 Å². The van der Waals surface area contributed by atoms with Crippen LogP contribution in [0.5, 0.6) is 0 Å². The average molecular weight is 420 g/mol. The van der Waals surface area contributed by atoms with Crippen molar-refractivity contribution in [2.24, 2.45) is 0 Å². The molecule has 3 heterocycles. The first-order valence-corrected chi connectivity index (χ1v) is 10.7. The van der Waals surface area contributed by atoms with Crippen LogP contribution in [0.1, 0.15) is 36.1 Å². The molecule has 2 aliphatic heterocycles. The number of benzene rings is 1. The first-order chi connectivity index (χ1) is 13.5. The Balaban J connectivity index is 1.63. The smallest absolute Gasteiger partial charge is 0.264 e. The maximum Gasteiger partial charge on any atom is 0.264 e. The van der Waals surface area contributed by atoms with E-state index in [0.29, 0.717) is 48.6 Å². The van der Waals surface area contributed by atoms with Crippen molar-refractivity contribution >= 4 is 35.2 Å². The highest BCUT2D eigenvalue weighted by Crippen LogP contribution is 2.41. The van der Waals surface area contributed by atoms with E-state index in [1.165, 1.54) is 16.4 Å². The number of aryl methyl sites for hydroxylation is 1. The van der Waals surface area contributed by atoms with E-state index in [-0.39, 0.29) is 23.1 Å². The molecule has 0 saturated carbocycles. The number of amides is 1. The van der Waals surface area contributed by atoms with E-state index < -0.39 is 0 Å². The van der Waals surface area contributed by atoms with Gasteiger partial charge in [0, 0.05) is 44.5 Å². The van der Waals surface area contributed by atoms with Crippen molar-refractivity contribution in [2.75, 3.05) is 26.2 Å². The SMILES string of the molecule is CCc1nc2n(n1)C(=O)C(C(c1ccc(Cl)cc1)N1CCN(C(C)=O)CC1)S2. The molecule has 1 amide bonds. The van der Waals surface area contributed by atoms with Gasteiger partial charge >= 0.3 is 0 Å². The van der Waals surface area contributed by atoms with Gasteiger partial charge in [-0.05, 0) is 17.7 Å². The molecule has 1 saturated heterocycles. The summed E-state index contributed by atoms with van der Waals surface area (Å²) in [5.74, 6) is 0.735. The highest BCUT2D eigenvalue weighted by molar-refractivity contribution is 8.00. The molecule has 2 aromatic rings. The second-order valence-electron chi connectivity index (χ2n) is 6.99. The number of aromatic nitrogens is 3. The van der Waals surface area contributed by atoms with Crippen LogP contribution in [0, 0.1) is 0 Å². The van der Waals surface area contributed by atoms with E-state index in [2.05, 4.69) is 15.0 Å². The summed E-state index contributed by atoms with van der Waals surface area (Å²) in [6.07, 6.45) is 0.701. The maximum absolute atomic E-state index is 13.1. The van der Waals surface area contributed by atoms with Crippen LogP contribution >= 0.6 is 23.4 Å². The lowest BCUT2D eigenvalue weighted by Crippen LogP contribution is -2.51. The fraction of sp³-hybridized carbons (Fsp3) is 0.474. The Morgan fingerprint density at radius 1 is 1.25 bits per heavy atom. The summed E-state index contributed by atoms with van der Waals surface area (Å²) < 4.78 is 1.45. The zero-order valence-corrected chi connectivity index (χ0v) is 17.4. The number of halogens is 1. The van der Waals surface area contributed by atoms with Gasteiger partial charge in [-0.15, -0.1) is 5.10 Å². The second-order valence-corrected chi connectivity index (χ2v) is 8.54. The van der Waals surface area contributed by atoms with Gasteiger partial charge in [0.15, 0.2) is 11.0 Å². The highest BCUT2D eigenvalue weighted by Gasteiger charge is 2.43. The number of nitrogens with zero attached hydrogens (tertiary/aromatic N) is 5. The summed E-state index contributed by atoms with van der Waals surface area (Å²) in [4.78, 5) is 33.4. The number of thioether (sulfide) groups is 1. The van der Waals surface area contributed by atoms with Crippen LogP contribution in [0.25, 0.3) is 0 Å². The topological polar surface area (TPSA) is 71.3 Å². The zero-order valence-electron chi connectivity index (χ0n) is 15.8. The number of piperazine rings is 1. The van der Waals surface area contributed by atoms with Crippen molar-refractivity contribution in [2.45, 2.75) is 36.7 Å². The van der Waals surface area contributed by atoms with Gasteiger partial charge < -0.3 is 4.90 Å². The third-order valence-corrected chi connectivity index (χ3v) is 6.71. The molecular weight excluding hydrogens is 398 g/mol. The monoisotopic (exact) mass is 419 g/mol. The Kier molecular flexibility index (Phi) is 5.44. The Morgan fingerprint density at radius 2 is 1.93 bits per heavy atom. The number of hydrogen-bond acceptors (Lipinski definition) is 6. The van der Waals surface area contributed by atoms with Crippen molar-refractivity contribution in [3.63, 3.8) is 0 Å². The molecule has 1 fully saturated rings. The minimum Gasteiger partial charge on any atom is -0.340 e. The molecule has 1 aromatic carbocycles. The quantitative estimate of drug-likeness (QED) is 0.758. The molecular formula is C19H22ClN5O2S. The van der Waals surface area contributed by atoms with Crippen LogP contribution in [-0.4, -0.2) is 67.8 Å². The standard InChI is InChI=1S/C19H22ClN5O2S/c1-3-15-21-19-25(22-15)18(27)17(28-19)16(13-4-6-14(20)7-5-13)24-10-8-23(9-11-24)12(2)26/h4-7,16-17H,3,8-11H2,1-2H3. The summed E-state index contributed by atoms with van der Waals surface area (Å²) in [5.41, 5.74) is 1.04. The van der Waals surface area contributed by atoms with E-state index in [9.17, 15) is 9.59 Å². The Labute approximate surface area is 173 Å². The molecule has 1 aromatic heterocycles. The van der Waals surface area contributed by atoms with Crippen molar-refractivity contribution < 1.29 is 9.59 Å². The normalized spacial score (nSPS) is 21.0. The first-order valence-electron chi connectivity index (χ1n) is 9.39. The predicted molar refractivity (Wildman–Crippen MR) is 108 cm³/mol. The van der Waals surface area contributed by atoms with Gasteiger partial charge in [0.25, 0.3) is 5.91 Å². The molecule has 148 valence electrons. The van der Waals surface area contributed by atoms with Crippen LogP contribution in [-0.2, 0) is 11.2 Å². The summed E-state index contributed by atoms with van der Waals surface area (Å²) >= 11 is 7.55. The zero-order chi connectivity index (χ0) is 19.8. The molecule has 2 aliphatic rings. The third-order valence-electron chi connectivity index (χ3n) is 5.27. The molecule has 9 heteroatoms. The van der Waals surface area contributed by atoms with Crippen molar-refractivity contribution in [3.05, 3.63) is 40.7 Å². The van der Waals surface area contributed by atoms with Gasteiger partial charge in [-0.1, -0.05) is 42.4 Å². The van der Waals surface area contributed by atoms with E-state index >= 15 is 0 Å². The summed E-state index contributed by atoms with van der Waals surface area (Å²) in [5, 5.41) is 5.35. The number of hydrogen-bond donors (Lipinski definition) is 0. The molecule has 0 N–H and O–H groups in total. The molecule has 0 radical (unpaired) electrons.